The second-order valence-electron chi connectivity index (χ2n) is 7.84. The van der Waals surface area contributed by atoms with Crippen LogP contribution >= 0.6 is 23.1 Å². The molecule has 1 aromatic heterocycles. The Labute approximate surface area is 203 Å². The number of nitrogens with one attached hydrogen (secondary N) is 1. The molecule has 172 valence electrons. The van der Waals surface area contributed by atoms with Crippen LogP contribution in [0.5, 0.6) is 0 Å². The van der Waals surface area contributed by atoms with Crippen molar-refractivity contribution in [3.05, 3.63) is 76.1 Å². The highest BCUT2D eigenvalue weighted by Gasteiger charge is 2.22. The molecule has 0 aliphatic rings. The van der Waals surface area contributed by atoms with E-state index >= 15 is 0 Å². The topological polar surface area (TPSA) is 76.1 Å². The van der Waals surface area contributed by atoms with E-state index in [1.54, 1.807) is 30.8 Å². The van der Waals surface area contributed by atoms with Crippen molar-refractivity contribution >= 4 is 40.6 Å². The highest BCUT2D eigenvalue weighted by atomic mass is 32.2. The third-order valence-corrected chi connectivity index (χ3v) is 6.73. The van der Waals surface area contributed by atoms with Gasteiger partial charge in [-0.25, -0.2) is 4.98 Å². The van der Waals surface area contributed by atoms with Gasteiger partial charge in [0.1, 0.15) is 10.8 Å². The summed E-state index contributed by atoms with van der Waals surface area (Å²) in [5, 5.41) is 5.62. The van der Waals surface area contributed by atoms with Gasteiger partial charge in [-0.3, -0.25) is 9.59 Å². The van der Waals surface area contributed by atoms with Crippen LogP contribution in [0.25, 0.3) is 11.3 Å². The minimum absolute atomic E-state index is 0.0376. The largest absolute Gasteiger partial charge is 0.342 e. The van der Waals surface area contributed by atoms with Crippen LogP contribution in [0.3, 0.4) is 0 Å². The third-order valence-electron chi connectivity index (χ3n) is 5.23. The minimum atomic E-state index is -0.564. The number of aromatic nitrogens is 1. The van der Waals surface area contributed by atoms with Gasteiger partial charge in [-0.1, -0.05) is 42.5 Å². The summed E-state index contributed by atoms with van der Waals surface area (Å²) in [7, 11) is 0. The van der Waals surface area contributed by atoms with Crippen molar-refractivity contribution in [3.63, 3.8) is 0 Å². The first-order valence-corrected chi connectivity index (χ1v) is 13.1. The Balaban J connectivity index is 1.64. The molecule has 3 aromatic rings. The molecule has 0 fully saturated rings. The number of hydrogen-bond acceptors (Lipinski definition) is 6. The molecule has 0 saturated carbocycles. The summed E-state index contributed by atoms with van der Waals surface area (Å²) < 4.78 is 0. The molecule has 0 bridgehead atoms. The molecule has 1 heterocycles. The Kier molecular flexibility index (Phi) is 9.39. The fourth-order valence-electron chi connectivity index (χ4n) is 3.34. The van der Waals surface area contributed by atoms with Crippen LogP contribution in [0.4, 0.5) is 0 Å². The average Bonchev–Trinajstić information content (AvgIpc) is 3.29. The standard InChI is InChI=1S/C26H28N2O3S2/c1-18(29)8-9-19-10-12-21(13-11-19)26(31)28-22(14-15-32-2)24(30)16-25-27-23(17-33-25)20-6-4-3-5-7-20/h3-7,10-13,17,22H,8-9,14-16H2,1-2H3,(H,28,31)/t22-/m0/s1. The lowest BCUT2D eigenvalue weighted by Crippen LogP contribution is -2.42. The lowest BCUT2D eigenvalue weighted by atomic mass is 10.0. The summed E-state index contributed by atoms with van der Waals surface area (Å²) in [6, 6.07) is 16.5. The highest BCUT2D eigenvalue weighted by molar-refractivity contribution is 7.98. The van der Waals surface area contributed by atoms with Crippen LogP contribution in [-0.4, -0.2) is 40.5 Å². The first-order chi connectivity index (χ1) is 16.0. The van der Waals surface area contributed by atoms with E-state index in [9.17, 15) is 14.4 Å². The predicted molar refractivity (Wildman–Crippen MR) is 136 cm³/mol. The van der Waals surface area contributed by atoms with E-state index in [1.165, 1.54) is 11.3 Å². The van der Waals surface area contributed by atoms with Crippen molar-refractivity contribution in [2.75, 3.05) is 12.0 Å². The molecule has 33 heavy (non-hydrogen) atoms. The van der Waals surface area contributed by atoms with Gasteiger partial charge in [0.2, 0.25) is 0 Å². The molecule has 0 saturated heterocycles. The van der Waals surface area contributed by atoms with E-state index in [2.05, 4.69) is 10.3 Å². The zero-order valence-electron chi connectivity index (χ0n) is 18.9. The number of thiazole rings is 1. The number of nitrogens with zero attached hydrogens (tertiary/aromatic N) is 1. The van der Waals surface area contributed by atoms with Gasteiger partial charge in [0, 0.05) is 22.9 Å². The van der Waals surface area contributed by atoms with Gasteiger partial charge < -0.3 is 10.1 Å². The minimum Gasteiger partial charge on any atom is -0.342 e. The zero-order chi connectivity index (χ0) is 23.6. The maximum atomic E-state index is 13.0. The molecule has 0 spiro atoms. The van der Waals surface area contributed by atoms with Gasteiger partial charge in [-0.15, -0.1) is 11.3 Å². The van der Waals surface area contributed by atoms with Crippen molar-refractivity contribution in [2.45, 2.75) is 38.6 Å². The second-order valence-corrected chi connectivity index (χ2v) is 9.77. The van der Waals surface area contributed by atoms with Gasteiger partial charge in [0.25, 0.3) is 5.91 Å². The number of thioether (sulfide) groups is 1. The molecule has 1 amide bonds. The monoisotopic (exact) mass is 480 g/mol. The molecular formula is C26H28N2O3S2. The maximum absolute atomic E-state index is 13.0. The molecular weight excluding hydrogens is 452 g/mol. The lowest BCUT2D eigenvalue weighted by molar-refractivity contribution is -0.120. The molecule has 1 N–H and O–H groups in total. The summed E-state index contributed by atoms with van der Waals surface area (Å²) in [5.41, 5.74) is 3.39. The smallest absolute Gasteiger partial charge is 0.251 e. The fourth-order valence-corrected chi connectivity index (χ4v) is 4.62. The summed E-state index contributed by atoms with van der Waals surface area (Å²) in [4.78, 5) is 41.6. The highest BCUT2D eigenvalue weighted by Crippen LogP contribution is 2.22. The Hall–Kier alpha value is -2.77. The van der Waals surface area contributed by atoms with E-state index in [-0.39, 0.29) is 23.9 Å². The van der Waals surface area contributed by atoms with Crippen LogP contribution in [0.1, 0.15) is 40.7 Å². The summed E-state index contributed by atoms with van der Waals surface area (Å²) in [5.74, 6) is 0.609. The number of Topliss-reactive ketones (excluding diaryl/α,β-unsaturated/α-hetero) is 2. The second kappa shape index (κ2) is 12.5. The molecule has 0 aliphatic heterocycles. The quantitative estimate of drug-likeness (QED) is 0.395. The van der Waals surface area contributed by atoms with Gasteiger partial charge in [-0.2, -0.15) is 11.8 Å². The number of rotatable bonds is 12. The Bertz CT molecular complexity index is 1080. The van der Waals surface area contributed by atoms with Crippen LogP contribution < -0.4 is 5.32 Å². The number of amides is 1. The van der Waals surface area contributed by atoms with Gasteiger partial charge in [0.05, 0.1) is 18.2 Å². The SMILES string of the molecule is CSCC[C@H](NC(=O)c1ccc(CCC(C)=O)cc1)C(=O)Cc1nc(-c2ccccc2)cs1. The normalized spacial score (nSPS) is 11.7. The first kappa shape index (κ1) is 24.9. The third kappa shape index (κ3) is 7.65. The molecule has 0 radical (unpaired) electrons. The van der Waals surface area contributed by atoms with E-state index in [0.717, 1.165) is 27.6 Å². The van der Waals surface area contributed by atoms with E-state index in [1.807, 2.05) is 54.1 Å². The Morgan fingerprint density at radius 1 is 1.06 bits per heavy atom. The van der Waals surface area contributed by atoms with Crippen molar-refractivity contribution < 1.29 is 14.4 Å². The van der Waals surface area contributed by atoms with Crippen LogP contribution in [-0.2, 0) is 22.4 Å². The van der Waals surface area contributed by atoms with Crippen LogP contribution in [0.2, 0.25) is 0 Å². The molecule has 1 atom stereocenters. The van der Waals surface area contributed by atoms with Crippen molar-refractivity contribution in [1.29, 1.82) is 0 Å². The number of carbonyl (C=O) groups excluding carboxylic acids is 3. The molecule has 5 nitrogen and oxygen atoms in total. The van der Waals surface area contributed by atoms with Crippen molar-refractivity contribution in [1.82, 2.24) is 10.3 Å². The van der Waals surface area contributed by atoms with Gasteiger partial charge >= 0.3 is 0 Å². The number of hydrogen-bond donors (Lipinski definition) is 1. The zero-order valence-corrected chi connectivity index (χ0v) is 20.5. The number of benzene rings is 2. The Morgan fingerprint density at radius 3 is 2.45 bits per heavy atom. The lowest BCUT2D eigenvalue weighted by Gasteiger charge is -2.17. The van der Waals surface area contributed by atoms with Crippen LogP contribution in [0.15, 0.2) is 60.0 Å². The Morgan fingerprint density at radius 2 is 1.79 bits per heavy atom. The summed E-state index contributed by atoms with van der Waals surface area (Å²) in [6.45, 7) is 1.57. The van der Waals surface area contributed by atoms with E-state index in [0.29, 0.717) is 24.8 Å². The fraction of sp³-hybridized carbons (Fsp3) is 0.308. The summed E-state index contributed by atoms with van der Waals surface area (Å²) in [6.07, 6.45) is 3.89. The van der Waals surface area contributed by atoms with Gasteiger partial charge in [0.15, 0.2) is 5.78 Å². The first-order valence-electron chi connectivity index (χ1n) is 10.9. The molecule has 7 heteroatoms. The number of ketones is 2. The van der Waals surface area contributed by atoms with Crippen molar-refractivity contribution in [2.24, 2.45) is 0 Å². The predicted octanol–water partition coefficient (Wildman–Crippen LogP) is 5.00. The molecule has 2 aromatic carbocycles. The maximum Gasteiger partial charge on any atom is 0.251 e. The molecule has 3 rings (SSSR count). The van der Waals surface area contributed by atoms with Gasteiger partial charge in [-0.05, 0) is 49.5 Å². The van der Waals surface area contributed by atoms with Crippen LogP contribution in [0, 0.1) is 0 Å². The van der Waals surface area contributed by atoms with Crippen molar-refractivity contribution in [3.8, 4) is 11.3 Å². The molecule has 0 aliphatic carbocycles. The van der Waals surface area contributed by atoms with E-state index in [4.69, 9.17) is 0 Å². The van der Waals surface area contributed by atoms with E-state index < -0.39 is 6.04 Å². The average molecular weight is 481 g/mol. The summed E-state index contributed by atoms with van der Waals surface area (Å²) >= 11 is 3.11. The number of carbonyl (C=O) groups is 3. The number of aryl methyl sites for hydroxylation is 1. The molecule has 0 unspecified atom stereocenters.